The third-order valence-electron chi connectivity index (χ3n) is 4.85. The molecule has 2 rings (SSSR count). The highest BCUT2D eigenvalue weighted by atomic mass is 19.1. The monoisotopic (exact) mass is 439 g/mol. The maximum absolute atomic E-state index is 13.7. The zero-order valence-electron chi connectivity index (χ0n) is 17.3. The van der Waals surface area contributed by atoms with Gasteiger partial charge in [0.15, 0.2) is 6.61 Å². The van der Waals surface area contributed by atoms with Crippen LogP contribution in [-0.4, -0.2) is 57.5 Å². The minimum atomic E-state index is -1.07. The number of esters is 1. The molecule has 0 bridgehead atoms. The van der Waals surface area contributed by atoms with E-state index in [0.717, 1.165) is 37.5 Å². The van der Waals surface area contributed by atoms with Crippen molar-refractivity contribution in [2.24, 2.45) is 11.7 Å². The lowest BCUT2D eigenvalue weighted by Gasteiger charge is -2.22. The van der Waals surface area contributed by atoms with Gasteiger partial charge in [-0.25, -0.2) is 13.6 Å². The van der Waals surface area contributed by atoms with Gasteiger partial charge in [0.2, 0.25) is 5.78 Å². The second-order valence-electron chi connectivity index (χ2n) is 7.07. The molecule has 1 aromatic rings. The molecule has 0 amide bonds. The Kier molecular flexibility index (Phi) is 9.54. The molecule has 0 aliphatic carbocycles. The summed E-state index contributed by atoms with van der Waals surface area (Å²) in [6.07, 6.45) is 2.68. The third kappa shape index (κ3) is 7.11. The van der Waals surface area contributed by atoms with Gasteiger partial charge in [-0.3, -0.25) is 4.79 Å². The van der Waals surface area contributed by atoms with Gasteiger partial charge < -0.3 is 30.7 Å². The van der Waals surface area contributed by atoms with Crippen LogP contribution in [0, 0.1) is 23.0 Å². The number of benzene rings is 1. The van der Waals surface area contributed by atoms with E-state index in [0.29, 0.717) is 25.7 Å². The molecule has 0 radical (unpaired) electrons. The highest BCUT2D eigenvalue weighted by molar-refractivity contribution is 6.19. The summed E-state index contributed by atoms with van der Waals surface area (Å²) in [4.78, 5) is 24.6. The fourth-order valence-electron chi connectivity index (χ4n) is 3.19. The number of carbonyl (C=O) groups excluding carboxylic acids is 2. The van der Waals surface area contributed by atoms with E-state index < -0.39 is 35.6 Å². The summed E-state index contributed by atoms with van der Waals surface area (Å²) in [6.45, 7) is 0.761. The Bertz CT molecular complexity index is 818. The van der Waals surface area contributed by atoms with Crippen molar-refractivity contribution in [3.63, 3.8) is 0 Å². The maximum atomic E-state index is 13.7. The maximum Gasteiger partial charge on any atom is 0.344 e. The molecule has 0 spiro atoms. The van der Waals surface area contributed by atoms with Crippen LogP contribution in [0.15, 0.2) is 29.6 Å². The van der Waals surface area contributed by atoms with Crippen LogP contribution in [0.4, 0.5) is 8.78 Å². The van der Waals surface area contributed by atoms with Crippen molar-refractivity contribution in [2.75, 3.05) is 40.1 Å². The number of Topliss-reactive ketones (excluding diaryl/α,β-unsaturated/α-hetero) is 1. The highest BCUT2D eigenvalue weighted by Crippen LogP contribution is 2.18. The fourth-order valence-corrected chi connectivity index (χ4v) is 3.19. The molecule has 1 aliphatic rings. The van der Waals surface area contributed by atoms with Crippen LogP contribution in [0.3, 0.4) is 0 Å². The van der Waals surface area contributed by atoms with E-state index in [1.54, 1.807) is 0 Å². The van der Waals surface area contributed by atoms with E-state index in [4.69, 9.17) is 25.4 Å². The Hall–Kier alpha value is -2.85. The molecule has 0 saturated carbocycles. The Labute approximate surface area is 179 Å². The Morgan fingerprint density at radius 3 is 2.48 bits per heavy atom. The molecule has 0 aromatic heterocycles. The zero-order chi connectivity index (χ0) is 22.8. The lowest BCUT2D eigenvalue weighted by molar-refractivity contribution is -0.137. The minimum absolute atomic E-state index is 0.0939. The molecule has 4 N–H and O–H groups in total. The second-order valence-corrected chi connectivity index (χ2v) is 7.07. The zero-order valence-corrected chi connectivity index (χ0v) is 17.3. The lowest BCUT2D eigenvalue weighted by atomic mass is 9.97. The number of ketones is 1. The van der Waals surface area contributed by atoms with E-state index in [2.05, 4.69) is 5.32 Å². The quantitative estimate of drug-likeness (QED) is 0.208. The molecule has 1 fully saturated rings. The van der Waals surface area contributed by atoms with Gasteiger partial charge in [0.25, 0.3) is 0 Å². The summed E-state index contributed by atoms with van der Waals surface area (Å²) in [5, 5.41) is 10.9. The van der Waals surface area contributed by atoms with Crippen LogP contribution in [0.25, 0.3) is 0 Å². The van der Waals surface area contributed by atoms with E-state index >= 15 is 0 Å². The first kappa shape index (κ1) is 24.4. The van der Waals surface area contributed by atoms with Crippen molar-refractivity contribution in [3.8, 4) is 0 Å². The number of rotatable bonds is 11. The molecule has 10 heteroatoms. The second kappa shape index (κ2) is 12.1. The topological polar surface area (TPSA) is 124 Å². The van der Waals surface area contributed by atoms with Crippen molar-refractivity contribution in [1.82, 2.24) is 5.32 Å². The van der Waals surface area contributed by atoms with Gasteiger partial charge in [0.1, 0.15) is 23.0 Å². The highest BCUT2D eigenvalue weighted by Gasteiger charge is 2.24. The van der Waals surface area contributed by atoms with Crippen LogP contribution >= 0.6 is 0 Å². The Morgan fingerprint density at radius 1 is 1.23 bits per heavy atom. The summed E-state index contributed by atoms with van der Waals surface area (Å²) in [6, 6.07) is 2.98. The number of hydrogen-bond donors (Lipinski definition) is 3. The standard InChI is InChI=1S/C21H27F2N3O5/c1-29-11-16(24)19(20(25)26-8-5-13-6-9-30-10-7-13)21(28)31-12-17(27)18-14(22)3-2-4-15(18)23/h2-4,13,24,26H,5-12,25H2,1H3/b20-19+,24-16?. The van der Waals surface area contributed by atoms with Crippen LogP contribution in [0.2, 0.25) is 0 Å². The molecule has 1 aliphatic heterocycles. The summed E-state index contributed by atoms with van der Waals surface area (Å²) in [7, 11) is 1.34. The van der Waals surface area contributed by atoms with Gasteiger partial charge in [-0.1, -0.05) is 6.07 Å². The Balaban J connectivity index is 2.03. The van der Waals surface area contributed by atoms with E-state index in [9.17, 15) is 18.4 Å². The van der Waals surface area contributed by atoms with Crippen molar-refractivity contribution in [3.05, 3.63) is 46.8 Å². The molecule has 0 unspecified atom stereocenters. The smallest absolute Gasteiger partial charge is 0.344 e. The largest absolute Gasteiger partial charge is 0.454 e. The number of carbonyl (C=O) groups is 2. The summed E-state index contributed by atoms with van der Waals surface area (Å²) < 4.78 is 42.6. The van der Waals surface area contributed by atoms with E-state index in [1.165, 1.54) is 7.11 Å². The Morgan fingerprint density at radius 2 is 1.87 bits per heavy atom. The normalized spacial score (nSPS) is 15.2. The molecular formula is C21H27F2N3O5. The fraction of sp³-hybridized carbons (Fsp3) is 0.476. The van der Waals surface area contributed by atoms with Crippen LogP contribution < -0.4 is 11.1 Å². The summed E-state index contributed by atoms with van der Waals surface area (Å²) in [5.74, 6) is -3.85. The van der Waals surface area contributed by atoms with Gasteiger partial charge in [0, 0.05) is 26.9 Å². The van der Waals surface area contributed by atoms with Gasteiger partial charge in [0.05, 0.1) is 17.9 Å². The molecule has 1 saturated heterocycles. The first-order valence-electron chi connectivity index (χ1n) is 9.87. The van der Waals surface area contributed by atoms with Crippen LogP contribution in [0.5, 0.6) is 0 Å². The first-order valence-corrected chi connectivity index (χ1v) is 9.87. The van der Waals surface area contributed by atoms with E-state index in [1.807, 2.05) is 0 Å². The van der Waals surface area contributed by atoms with Gasteiger partial charge in [-0.15, -0.1) is 0 Å². The van der Waals surface area contributed by atoms with Crippen molar-refractivity contribution >= 4 is 17.5 Å². The lowest BCUT2D eigenvalue weighted by Crippen LogP contribution is -2.32. The van der Waals surface area contributed by atoms with Gasteiger partial charge in [-0.05, 0) is 37.3 Å². The number of hydrogen-bond acceptors (Lipinski definition) is 8. The molecule has 1 aromatic carbocycles. The summed E-state index contributed by atoms with van der Waals surface area (Å²) >= 11 is 0. The molecular weight excluding hydrogens is 412 g/mol. The molecule has 8 nitrogen and oxygen atoms in total. The predicted molar refractivity (Wildman–Crippen MR) is 109 cm³/mol. The van der Waals surface area contributed by atoms with Crippen LogP contribution in [0.1, 0.15) is 29.6 Å². The molecule has 0 atom stereocenters. The first-order chi connectivity index (χ1) is 14.8. The van der Waals surface area contributed by atoms with E-state index in [-0.39, 0.29) is 23.7 Å². The van der Waals surface area contributed by atoms with Crippen molar-refractivity contribution in [2.45, 2.75) is 19.3 Å². The number of methoxy groups -OCH3 is 1. The molecule has 170 valence electrons. The predicted octanol–water partition coefficient (Wildman–Crippen LogP) is 1.93. The number of nitrogens with two attached hydrogens (primary N) is 1. The van der Waals surface area contributed by atoms with Gasteiger partial charge >= 0.3 is 5.97 Å². The SMILES string of the molecule is COCC(=N)/C(C(=O)OCC(=O)c1c(F)cccc1F)=C(/N)NCCC1CCOCC1. The number of halogens is 2. The average molecular weight is 439 g/mol. The minimum Gasteiger partial charge on any atom is -0.454 e. The van der Waals surface area contributed by atoms with Crippen molar-refractivity contribution in [1.29, 1.82) is 5.41 Å². The van der Waals surface area contributed by atoms with Crippen molar-refractivity contribution < 1.29 is 32.6 Å². The molecule has 31 heavy (non-hydrogen) atoms. The average Bonchev–Trinajstić information content (AvgIpc) is 2.73. The number of ether oxygens (including phenoxy) is 3. The molecule has 1 heterocycles. The third-order valence-corrected chi connectivity index (χ3v) is 4.85. The van der Waals surface area contributed by atoms with Gasteiger partial charge in [-0.2, -0.15) is 0 Å². The summed E-state index contributed by atoms with van der Waals surface area (Å²) in [5.41, 5.74) is 4.63. The number of nitrogens with one attached hydrogen (secondary N) is 2. The van der Waals surface area contributed by atoms with Crippen LogP contribution in [-0.2, 0) is 19.0 Å².